The van der Waals surface area contributed by atoms with Crippen LogP contribution in [-0.2, 0) is 13.2 Å². The Morgan fingerprint density at radius 2 is 1.82 bits per heavy atom. The van der Waals surface area contributed by atoms with Gasteiger partial charge in [-0.15, -0.1) is 0 Å². The number of nitrogens with two attached hydrogens (primary N) is 1. The van der Waals surface area contributed by atoms with Crippen molar-refractivity contribution in [3.05, 3.63) is 65.9 Å². The molecular formula is C19H22N2O. The molecule has 0 radical (unpaired) electrons. The maximum Gasteiger partial charge on any atom is 0.128 e. The minimum atomic E-state index is 0.361. The Hall–Kier alpha value is -2.26. The third kappa shape index (κ3) is 2.72. The van der Waals surface area contributed by atoms with Crippen LogP contribution in [0.15, 0.2) is 54.6 Å². The van der Waals surface area contributed by atoms with E-state index in [0.29, 0.717) is 19.2 Å². The van der Waals surface area contributed by atoms with Crippen LogP contribution in [0.3, 0.4) is 0 Å². The normalized spacial score (nSPS) is 11.3. The first-order chi connectivity index (χ1) is 10.7. The Balaban J connectivity index is 2.00. The summed E-state index contributed by atoms with van der Waals surface area (Å²) in [7, 11) is 0. The molecular weight excluding hydrogens is 272 g/mol. The molecule has 114 valence electrons. The quantitative estimate of drug-likeness (QED) is 0.763. The zero-order valence-corrected chi connectivity index (χ0v) is 13.1. The van der Waals surface area contributed by atoms with E-state index in [9.17, 15) is 0 Å². The number of hydrogen-bond acceptors (Lipinski definition) is 2. The van der Waals surface area contributed by atoms with E-state index in [1.165, 1.54) is 22.2 Å². The molecule has 3 rings (SSSR count). The van der Waals surface area contributed by atoms with E-state index < -0.39 is 0 Å². The lowest BCUT2D eigenvalue weighted by atomic mass is 10.1. The second-order valence-corrected chi connectivity index (χ2v) is 5.76. The first-order valence-corrected chi connectivity index (χ1v) is 7.70. The molecule has 0 amide bonds. The summed E-state index contributed by atoms with van der Waals surface area (Å²) in [4.78, 5) is 0. The zero-order valence-electron chi connectivity index (χ0n) is 13.1. The molecule has 0 unspecified atom stereocenters. The van der Waals surface area contributed by atoms with Crippen molar-refractivity contribution < 1.29 is 4.74 Å². The van der Waals surface area contributed by atoms with Gasteiger partial charge >= 0.3 is 0 Å². The van der Waals surface area contributed by atoms with Crippen molar-refractivity contribution in [3.63, 3.8) is 0 Å². The van der Waals surface area contributed by atoms with Crippen LogP contribution in [-0.4, -0.2) is 4.57 Å². The second-order valence-electron chi connectivity index (χ2n) is 5.76. The molecule has 3 heteroatoms. The Labute approximate surface area is 131 Å². The molecule has 0 aliphatic rings. The highest BCUT2D eigenvalue weighted by atomic mass is 16.5. The molecule has 22 heavy (non-hydrogen) atoms. The lowest BCUT2D eigenvalue weighted by Gasteiger charge is -2.17. The topological polar surface area (TPSA) is 40.2 Å². The predicted octanol–water partition coefficient (Wildman–Crippen LogP) is 4.26. The van der Waals surface area contributed by atoms with Crippen molar-refractivity contribution in [3.8, 4) is 5.75 Å². The van der Waals surface area contributed by atoms with E-state index >= 15 is 0 Å². The molecule has 2 aromatic carbocycles. The van der Waals surface area contributed by atoms with Crippen LogP contribution in [0.4, 0.5) is 0 Å². The number of para-hydroxylation sites is 2. The number of ether oxygens (including phenoxy) is 1. The fourth-order valence-corrected chi connectivity index (χ4v) is 2.95. The van der Waals surface area contributed by atoms with Gasteiger partial charge in [-0.1, -0.05) is 36.4 Å². The Morgan fingerprint density at radius 1 is 1.05 bits per heavy atom. The molecule has 0 bridgehead atoms. The molecule has 1 aromatic heterocycles. The third-order valence-corrected chi connectivity index (χ3v) is 3.89. The fourth-order valence-electron chi connectivity index (χ4n) is 2.95. The number of hydrogen-bond donors (Lipinski definition) is 1. The summed E-state index contributed by atoms with van der Waals surface area (Å²) in [5, 5.41) is 1.23. The summed E-state index contributed by atoms with van der Waals surface area (Å²) in [5.74, 6) is 0.891. The molecule has 3 nitrogen and oxygen atoms in total. The minimum absolute atomic E-state index is 0.361. The van der Waals surface area contributed by atoms with Crippen LogP contribution in [0.2, 0.25) is 0 Å². The van der Waals surface area contributed by atoms with Crippen molar-refractivity contribution in [2.75, 3.05) is 0 Å². The largest absolute Gasteiger partial charge is 0.487 e. The smallest absolute Gasteiger partial charge is 0.128 e. The zero-order chi connectivity index (χ0) is 15.5. The first kappa shape index (κ1) is 14.7. The summed E-state index contributed by atoms with van der Waals surface area (Å²) in [6, 6.07) is 18.8. The lowest BCUT2D eigenvalue weighted by molar-refractivity contribution is 0.293. The highest BCUT2D eigenvalue weighted by Crippen LogP contribution is 2.28. The minimum Gasteiger partial charge on any atom is -0.487 e. The van der Waals surface area contributed by atoms with E-state index in [0.717, 1.165) is 5.75 Å². The molecule has 0 spiro atoms. The molecule has 0 saturated carbocycles. The van der Waals surface area contributed by atoms with E-state index in [1.54, 1.807) is 0 Å². The number of nitrogens with zero attached hydrogens (tertiary/aromatic N) is 1. The third-order valence-electron chi connectivity index (χ3n) is 3.89. The van der Waals surface area contributed by atoms with E-state index in [2.05, 4.69) is 42.7 Å². The van der Waals surface area contributed by atoms with Gasteiger partial charge in [0, 0.05) is 18.0 Å². The monoisotopic (exact) mass is 294 g/mol. The van der Waals surface area contributed by atoms with Crippen molar-refractivity contribution in [2.45, 2.75) is 33.0 Å². The number of fused-ring (bicyclic) bond motifs is 1. The van der Waals surface area contributed by atoms with Crippen molar-refractivity contribution in [1.82, 2.24) is 4.57 Å². The average Bonchev–Trinajstić information content (AvgIpc) is 2.92. The van der Waals surface area contributed by atoms with Gasteiger partial charge in [0.25, 0.3) is 0 Å². The van der Waals surface area contributed by atoms with Crippen LogP contribution in [0.5, 0.6) is 5.75 Å². The molecule has 3 aromatic rings. The number of aromatic nitrogens is 1. The van der Waals surface area contributed by atoms with Crippen molar-refractivity contribution in [2.24, 2.45) is 5.73 Å². The van der Waals surface area contributed by atoms with Crippen molar-refractivity contribution in [1.29, 1.82) is 0 Å². The highest BCUT2D eigenvalue weighted by molar-refractivity contribution is 5.84. The summed E-state index contributed by atoms with van der Waals surface area (Å²) in [5.41, 5.74) is 9.50. The van der Waals surface area contributed by atoms with Gasteiger partial charge in [-0.3, -0.25) is 0 Å². The molecule has 0 fully saturated rings. The van der Waals surface area contributed by atoms with Gasteiger partial charge in [0.05, 0.1) is 11.2 Å². The summed E-state index contributed by atoms with van der Waals surface area (Å²) in [6.45, 7) is 5.49. The number of rotatable bonds is 5. The molecule has 1 heterocycles. The van der Waals surface area contributed by atoms with Gasteiger partial charge in [-0.2, -0.15) is 0 Å². The standard InChI is InChI=1S/C19H22N2O/c1-14(2)21-17(13-22-18-9-4-3-5-10-18)11-15-7-6-8-16(12-20)19(15)21/h3-11,14H,12-13,20H2,1-2H3. The maximum absolute atomic E-state index is 5.93. The maximum atomic E-state index is 5.93. The highest BCUT2D eigenvalue weighted by Gasteiger charge is 2.14. The summed E-state index contributed by atoms with van der Waals surface area (Å²) >= 11 is 0. The predicted molar refractivity (Wildman–Crippen MR) is 91.0 cm³/mol. The SMILES string of the molecule is CC(C)n1c(COc2ccccc2)cc2cccc(CN)c21. The second kappa shape index (κ2) is 6.24. The summed E-state index contributed by atoms with van der Waals surface area (Å²) in [6.07, 6.45) is 0. The summed E-state index contributed by atoms with van der Waals surface area (Å²) < 4.78 is 8.27. The Morgan fingerprint density at radius 3 is 2.50 bits per heavy atom. The van der Waals surface area contributed by atoms with Crippen LogP contribution in [0, 0.1) is 0 Å². The molecule has 0 saturated heterocycles. The van der Waals surface area contributed by atoms with Crippen LogP contribution in [0.25, 0.3) is 10.9 Å². The number of benzene rings is 2. The van der Waals surface area contributed by atoms with Crippen LogP contribution < -0.4 is 10.5 Å². The van der Waals surface area contributed by atoms with Gasteiger partial charge in [-0.05, 0) is 37.6 Å². The van der Waals surface area contributed by atoms with Crippen molar-refractivity contribution >= 4 is 10.9 Å². The van der Waals surface area contributed by atoms with Crippen LogP contribution in [0.1, 0.15) is 31.1 Å². The lowest BCUT2D eigenvalue weighted by Crippen LogP contribution is -2.10. The average molecular weight is 294 g/mol. The van der Waals surface area contributed by atoms with Gasteiger partial charge in [0.15, 0.2) is 0 Å². The molecule has 0 aliphatic carbocycles. The first-order valence-electron chi connectivity index (χ1n) is 7.70. The molecule has 0 aliphatic heterocycles. The van der Waals surface area contributed by atoms with Gasteiger partial charge in [-0.25, -0.2) is 0 Å². The van der Waals surface area contributed by atoms with E-state index in [4.69, 9.17) is 10.5 Å². The fraction of sp³-hybridized carbons (Fsp3) is 0.263. The Bertz CT molecular complexity index is 760. The Kier molecular flexibility index (Phi) is 4.16. The molecule has 0 atom stereocenters. The van der Waals surface area contributed by atoms with E-state index in [-0.39, 0.29) is 0 Å². The van der Waals surface area contributed by atoms with Gasteiger partial charge in [0.2, 0.25) is 0 Å². The van der Waals surface area contributed by atoms with Gasteiger partial charge in [0.1, 0.15) is 12.4 Å². The van der Waals surface area contributed by atoms with E-state index in [1.807, 2.05) is 30.3 Å². The van der Waals surface area contributed by atoms with Gasteiger partial charge < -0.3 is 15.0 Å². The van der Waals surface area contributed by atoms with Crippen LogP contribution >= 0.6 is 0 Å². The molecule has 2 N–H and O–H groups in total.